The number of nitrogens with zero attached hydrogens (tertiary/aromatic N) is 1. The molecule has 0 aliphatic carbocycles. The van der Waals surface area contributed by atoms with Crippen LogP contribution in [-0.4, -0.2) is 46.7 Å². The minimum absolute atomic E-state index is 0.0513. The zero-order valence-electron chi connectivity index (χ0n) is 11.0. The van der Waals surface area contributed by atoms with Gasteiger partial charge in [-0.15, -0.1) is 0 Å². The van der Waals surface area contributed by atoms with Gasteiger partial charge in [0.25, 0.3) is 0 Å². The monoisotopic (exact) mass is 255 g/mol. The van der Waals surface area contributed by atoms with E-state index in [0.717, 1.165) is 12.8 Å². The lowest BCUT2D eigenvalue weighted by atomic mass is 9.86. The maximum absolute atomic E-state index is 12.5. The van der Waals surface area contributed by atoms with Crippen molar-refractivity contribution in [3.8, 4) is 0 Å². The zero-order chi connectivity index (χ0) is 13.3. The maximum Gasteiger partial charge on any atom is 0.329 e. The molecule has 2 heterocycles. The molecule has 3 atom stereocenters. The van der Waals surface area contributed by atoms with E-state index >= 15 is 0 Å². The predicted molar refractivity (Wildman–Crippen MR) is 65.1 cm³/mol. The molecule has 5 nitrogen and oxygen atoms in total. The Balaban J connectivity index is 2.18. The molecular weight excluding hydrogens is 234 g/mol. The lowest BCUT2D eigenvalue weighted by Gasteiger charge is -2.43. The number of carbonyl (C=O) groups is 2. The summed E-state index contributed by atoms with van der Waals surface area (Å²) in [6, 6.07) is 0. The van der Waals surface area contributed by atoms with Gasteiger partial charge in [-0.3, -0.25) is 4.79 Å². The summed E-state index contributed by atoms with van der Waals surface area (Å²) in [6.45, 7) is 4.69. The summed E-state index contributed by atoms with van der Waals surface area (Å²) >= 11 is 0. The van der Waals surface area contributed by atoms with Crippen molar-refractivity contribution in [3.05, 3.63) is 0 Å². The number of carboxylic acid groups (broad SMARTS) is 1. The first-order valence-electron chi connectivity index (χ1n) is 6.63. The van der Waals surface area contributed by atoms with E-state index in [1.807, 2.05) is 6.92 Å². The van der Waals surface area contributed by atoms with E-state index in [-0.39, 0.29) is 17.9 Å². The number of hydrogen-bond donors (Lipinski definition) is 1. The Morgan fingerprint density at radius 1 is 1.39 bits per heavy atom. The van der Waals surface area contributed by atoms with Gasteiger partial charge in [0.1, 0.15) is 5.54 Å². The molecule has 0 aromatic rings. The molecule has 0 spiro atoms. The summed E-state index contributed by atoms with van der Waals surface area (Å²) in [5, 5.41) is 9.40. The summed E-state index contributed by atoms with van der Waals surface area (Å²) in [4.78, 5) is 25.5. The van der Waals surface area contributed by atoms with E-state index in [9.17, 15) is 14.7 Å². The van der Waals surface area contributed by atoms with E-state index in [0.29, 0.717) is 26.0 Å². The molecule has 3 unspecified atom stereocenters. The van der Waals surface area contributed by atoms with Gasteiger partial charge >= 0.3 is 5.97 Å². The molecule has 1 amide bonds. The summed E-state index contributed by atoms with van der Waals surface area (Å²) in [7, 11) is 0. The average Bonchev–Trinajstić information content (AvgIpc) is 2.75. The number of carbonyl (C=O) groups excluding carboxylic acids is 1. The molecule has 2 aliphatic rings. The highest BCUT2D eigenvalue weighted by Gasteiger charge is 2.47. The summed E-state index contributed by atoms with van der Waals surface area (Å²) in [5.74, 6) is -1.13. The molecule has 2 rings (SSSR count). The molecule has 2 fully saturated rings. The van der Waals surface area contributed by atoms with Gasteiger partial charge in [-0.25, -0.2) is 4.79 Å². The third kappa shape index (κ3) is 2.11. The van der Waals surface area contributed by atoms with Gasteiger partial charge in [0, 0.05) is 13.2 Å². The second-order valence-electron chi connectivity index (χ2n) is 5.50. The lowest BCUT2D eigenvalue weighted by Crippen LogP contribution is -2.59. The average molecular weight is 255 g/mol. The molecule has 0 bridgehead atoms. The van der Waals surface area contributed by atoms with Crippen LogP contribution in [0.4, 0.5) is 0 Å². The van der Waals surface area contributed by atoms with E-state index in [2.05, 4.69) is 0 Å². The van der Waals surface area contributed by atoms with Gasteiger partial charge in [-0.2, -0.15) is 0 Å². The fourth-order valence-electron chi connectivity index (χ4n) is 2.95. The third-order valence-electron chi connectivity index (χ3n) is 4.31. The van der Waals surface area contributed by atoms with Crippen LogP contribution in [0.5, 0.6) is 0 Å². The first kappa shape index (κ1) is 13.3. The van der Waals surface area contributed by atoms with Crippen LogP contribution >= 0.6 is 0 Å². The molecule has 18 heavy (non-hydrogen) atoms. The van der Waals surface area contributed by atoms with E-state index < -0.39 is 11.5 Å². The van der Waals surface area contributed by atoms with Crippen LogP contribution in [0.3, 0.4) is 0 Å². The van der Waals surface area contributed by atoms with Crippen molar-refractivity contribution in [2.24, 2.45) is 5.92 Å². The minimum Gasteiger partial charge on any atom is -0.480 e. The molecule has 0 aromatic heterocycles. The molecular formula is C13H21NO4. The van der Waals surface area contributed by atoms with Gasteiger partial charge in [0.05, 0.1) is 12.0 Å². The number of aliphatic carboxylic acids is 1. The second kappa shape index (κ2) is 4.88. The Morgan fingerprint density at radius 2 is 2.11 bits per heavy atom. The highest BCUT2D eigenvalue weighted by molar-refractivity contribution is 5.88. The highest BCUT2D eigenvalue weighted by Crippen LogP contribution is 2.32. The number of piperidine rings is 1. The Kier molecular flexibility index (Phi) is 3.61. The van der Waals surface area contributed by atoms with E-state index in [1.165, 1.54) is 0 Å². The normalized spacial score (nSPS) is 36.7. The molecule has 2 saturated heterocycles. The Morgan fingerprint density at radius 3 is 2.67 bits per heavy atom. The summed E-state index contributed by atoms with van der Waals surface area (Å²) in [6.07, 6.45) is 2.89. The number of amides is 1. The SMILES string of the molecule is CC1OCCC1C(=O)N1CCCCC1(C)C(=O)O. The summed E-state index contributed by atoms with van der Waals surface area (Å²) < 4.78 is 5.41. The van der Waals surface area contributed by atoms with Crippen molar-refractivity contribution in [2.75, 3.05) is 13.2 Å². The van der Waals surface area contributed by atoms with Gasteiger partial charge in [-0.1, -0.05) is 0 Å². The van der Waals surface area contributed by atoms with Crippen LogP contribution in [0.25, 0.3) is 0 Å². The standard InChI is InChI=1S/C13H21NO4/c1-9-10(5-8-18-9)11(15)14-7-4-3-6-13(14,2)12(16)17/h9-10H,3-8H2,1-2H3,(H,16,17). The van der Waals surface area contributed by atoms with Crippen molar-refractivity contribution < 1.29 is 19.4 Å². The smallest absolute Gasteiger partial charge is 0.329 e. The Labute approximate surface area is 107 Å². The largest absolute Gasteiger partial charge is 0.480 e. The van der Waals surface area contributed by atoms with Crippen LogP contribution in [0.15, 0.2) is 0 Å². The van der Waals surface area contributed by atoms with Crippen molar-refractivity contribution in [2.45, 2.75) is 51.2 Å². The van der Waals surface area contributed by atoms with Crippen LogP contribution in [0, 0.1) is 5.92 Å². The van der Waals surface area contributed by atoms with Crippen LogP contribution in [0.2, 0.25) is 0 Å². The third-order valence-corrected chi connectivity index (χ3v) is 4.31. The van der Waals surface area contributed by atoms with Crippen LogP contribution in [0.1, 0.15) is 39.5 Å². The molecule has 0 saturated carbocycles. The topological polar surface area (TPSA) is 66.8 Å². The van der Waals surface area contributed by atoms with Crippen LogP contribution in [-0.2, 0) is 14.3 Å². The lowest BCUT2D eigenvalue weighted by molar-refractivity contribution is -0.163. The van der Waals surface area contributed by atoms with E-state index in [4.69, 9.17) is 4.74 Å². The molecule has 102 valence electrons. The molecule has 2 aliphatic heterocycles. The van der Waals surface area contributed by atoms with Crippen LogP contribution < -0.4 is 0 Å². The molecule has 1 N–H and O–H groups in total. The van der Waals surface area contributed by atoms with Crippen molar-refractivity contribution >= 4 is 11.9 Å². The first-order valence-corrected chi connectivity index (χ1v) is 6.63. The second-order valence-corrected chi connectivity index (χ2v) is 5.50. The molecule has 0 radical (unpaired) electrons. The maximum atomic E-state index is 12.5. The van der Waals surface area contributed by atoms with Gasteiger partial charge in [0.15, 0.2) is 0 Å². The molecule has 5 heteroatoms. The Bertz CT molecular complexity index is 357. The van der Waals surface area contributed by atoms with Gasteiger partial charge in [0.2, 0.25) is 5.91 Å². The summed E-state index contributed by atoms with van der Waals surface area (Å²) in [5.41, 5.74) is -1.04. The quantitative estimate of drug-likeness (QED) is 0.807. The minimum atomic E-state index is -1.04. The zero-order valence-corrected chi connectivity index (χ0v) is 11.0. The number of carboxylic acids is 1. The fraction of sp³-hybridized carbons (Fsp3) is 0.846. The number of rotatable bonds is 2. The molecule has 0 aromatic carbocycles. The number of hydrogen-bond acceptors (Lipinski definition) is 3. The fourth-order valence-corrected chi connectivity index (χ4v) is 2.95. The van der Waals surface area contributed by atoms with E-state index in [1.54, 1.807) is 11.8 Å². The highest BCUT2D eigenvalue weighted by atomic mass is 16.5. The van der Waals surface area contributed by atoms with Crippen molar-refractivity contribution in [3.63, 3.8) is 0 Å². The number of ether oxygens (including phenoxy) is 1. The first-order chi connectivity index (χ1) is 8.47. The van der Waals surface area contributed by atoms with Crippen molar-refractivity contribution in [1.82, 2.24) is 4.90 Å². The number of likely N-dealkylation sites (tertiary alicyclic amines) is 1. The predicted octanol–water partition coefficient (Wildman–Crippen LogP) is 1.27. The van der Waals surface area contributed by atoms with Gasteiger partial charge in [-0.05, 0) is 39.5 Å². The Hall–Kier alpha value is -1.10. The van der Waals surface area contributed by atoms with Crippen molar-refractivity contribution in [1.29, 1.82) is 0 Å². The van der Waals surface area contributed by atoms with Gasteiger partial charge < -0.3 is 14.7 Å².